The van der Waals surface area contributed by atoms with E-state index in [-0.39, 0.29) is 17.1 Å². The van der Waals surface area contributed by atoms with E-state index in [1.54, 1.807) is 37.1 Å². The Labute approximate surface area is 176 Å². The Bertz CT molecular complexity index is 1080. The van der Waals surface area contributed by atoms with Crippen LogP contribution in [0.3, 0.4) is 0 Å². The summed E-state index contributed by atoms with van der Waals surface area (Å²) in [5.41, 5.74) is 1.59. The number of allylic oxidation sites excluding steroid dienone is 1. The molecule has 0 bridgehead atoms. The third kappa shape index (κ3) is 4.10. The number of anilines is 1. The van der Waals surface area contributed by atoms with Crippen molar-refractivity contribution in [3.05, 3.63) is 85.6 Å². The summed E-state index contributed by atoms with van der Waals surface area (Å²) in [5.74, 6) is -0.474. The molecule has 1 unspecified atom stereocenters. The standard InChI is InChI=1S/C19H17N5O5S/c1-11-16(18(25)20-13-4-3-5-15(10-13)24(28)29)17(21-19(30)22(11)2)12-6-8-14(9-7-12)23(26)27/h3-10,17H,1-2H3,(H,20,25)(H,21,30). The van der Waals surface area contributed by atoms with Gasteiger partial charge in [0, 0.05) is 42.7 Å². The number of thiocarbonyl (C=S) groups is 1. The summed E-state index contributed by atoms with van der Waals surface area (Å²) in [5, 5.41) is 28.1. The van der Waals surface area contributed by atoms with Gasteiger partial charge in [-0.15, -0.1) is 0 Å². The van der Waals surface area contributed by atoms with Gasteiger partial charge in [0.25, 0.3) is 17.3 Å². The lowest BCUT2D eigenvalue weighted by Gasteiger charge is -2.35. The maximum atomic E-state index is 13.1. The van der Waals surface area contributed by atoms with Gasteiger partial charge in [0.2, 0.25) is 0 Å². The van der Waals surface area contributed by atoms with Crippen molar-refractivity contribution in [3.8, 4) is 0 Å². The molecule has 30 heavy (non-hydrogen) atoms. The van der Waals surface area contributed by atoms with Gasteiger partial charge in [0.05, 0.1) is 21.5 Å². The highest BCUT2D eigenvalue weighted by Crippen LogP contribution is 2.32. The molecule has 0 fully saturated rings. The zero-order valence-electron chi connectivity index (χ0n) is 16.0. The molecule has 2 aromatic carbocycles. The molecule has 0 saturated heterocycles. The number of hydrogen-bond acceptors (Lipinski definition) is 6. The summed E-state index contributed by atoms with van der Waals surface area (Å²) in [6.07, 6.45) is 0. The molecule has 0 aliphatic carbocycles. The summed E-state index contributed by atoms with van der Waals surface area (Å²) in [4.78, 5) is 35.6. The number of benzene rings is 2. The van der Waals surface area contributed by atoms with E-state index in [4.69, 9.17) is 12.2 Å². The summed E-state index contributed by atoms with van der Waals surface area (Å²) in [6.45, 7) is 1.73. The molecule has 2 aromatic rings. The molecule has 11 heteroatoms. The second kappa shape index (κ2) is 8.25. The van der Waals surface area contributed by atoms with Gasteiger partial charge in [-0.1, -0.05) is 6.07 Å². The van der Waals surface area contributed by atoms with E-state index in [2.05, 4.69) is 10.6 Å². The van der Waals surface area contributed by atoms with Crippen molar-refractivity contribution in [2.24, 2.45) is 0 Å². The van der Waals surface area contributed by atoms with Crippen molar-refractivity contribution >= 4 is 40.3 Å². The van der Waals surface area contributed by atoms with Crippen molar-refractivity contribution in [2.75, 3.05) is 12.4 Å². The molecule has 10 nitrogen and oxygen atoms in total. The van der Waals surface area contributed by atoms with Crippen LogP contribution in [0.4, 0.5) is 17.1 Å². The molecule has 0 radical (unpaired) electrons. The van der Waals surface area contributed by atoms with Crippen LogP contribution in [-0.2, 0) is 4.79 Å². The van der Waals surface area contributed by atoms with Crippen molar-refractivity contribution in [1.29, 1.82) is 0 Å². The lowest BCUT2D eigenvalue weighted by Crippen LogP contribution is -2.46. The fourth-order valence-electron chi connectivity index (χ4n) is 3.06. The van der Waals surface area contributed by atoms with Crippen LogP contribution in [-0.4, -0.2) is 32.8 Å². The number of amides is 1. The van der Waals surface area contributed by atoms with Crippen molar-refractivity contribution in [3.63, 3.8) is 0 Å². The lowest BCUT2D eigenvalue weighted by molar-refractivity contribution is -0.385. The zero-order valence-corrected chi connectivity index (χ0v) is 16.8. The average Bonchev–Trinajstić information content (AvgIpc) is 2.71. The summed E-state index contributed by atoms with van der Waals surface area (Å²) >= 11 is 5.33. The Morgan fingerprint density at radius 1 is 1.10 bits per heavy atom. The quantitative estimate of drug-likeness (QED) is 0.422. The number of nitrogens with one attached hydrogen (secondary N) is 2. The van der Waals surface area contributed by atoms with Gasteiger partial charge >= 0.3 is 0 Å². The SMILES string of the molecule is CC1=C(C(=O)Nc2cccc([N+](=O)[O-])c2)C(c2ccc([N+](=O)[O-])cc2)NC(=S)N1C. The Morgan fingerprint density at radius 2 is 1.73 bits per heavy atom. The van der Waals surface area contributed by atoms with Gasteiger partial charge in [-0.2, -0.15) is 0 Å². The Kier molecular flexibility index (Phi) is 5.74. The molecule has 2 N–H and O–H groups in total. The topological polar surface area (TPSA) is 131 Å². The van der Waals surface area contributed by atoms with Gasteiger partial charge in [0.1, 0.15) is 0 Å². The number of carbonyl (C=O) groups excluding carboxylic acids is 1. The molecule has 1 aliphatic rings. The Morgan fingerprint density at radius 3 is 2.33 bits per heavy atom. The van der Waals surface area contributed by atoms with Crippen LogP contribution in [0.5, 0.6) is 0 Å². The minimum Gasteiger partial charge on any atom is -0.351 e. The maximum Gasteiger partial charge on any atom is 0.271 e. The van der Waals surface area contributed by atoms with Crippen molar-refractivity contribution in [1.82, 2.24) is 10.2 Å². The van der Waals surface area contributed by atoms with Crippen LogP contribution in [0.15, 0.2) is 59.8 Å². The van der Waals surface area contributed by atoms with Crippen molar-refractivity contribution < 1.29 is 14.6 Å². The molecule has 1 heterocycles. The molecule has 0 saturated carbocycles. The van der Waals surface area contributed by atoms with E-state index in [9.17, 15) is 25.0 Å². The van der Waals surface area contributed by atoms with E-state index < -0.39 is 21.8 Å². The molecule has 0 spiro atoms. The monoisotopic (exact) mass is 427 g/mol. The Hall–Kier alpha value is -3.86. The predicted molar refractivity (Wildman–Crippen MR) is 114 cm³/mol. The van der Waals surface area contributed by atoms with Crippen LogP contribution in [0.1, 0.15) is 18.5 Å². The highest BCUT2D eigenvalue weighted by atomic mass is 32.1. The highest BCUT2D eigenvalue weighted by molar-refractivity contribution is 7.80. The number of rotatable bonds is 5. The average molecular weight is 427 g/mol. The summed E-state index contributed by atoms with van der Waals surface area (Å²) in [6, 6.07) is 10.8. The second-order valence-corrected chi connectivity index (χ2v) is 6.94. The van der Waals surface area contributed by atoms with Crippen LogP contribution >= 0.6 is 12.2 Å². The molecule has 1 aliphatic heterocycles. The number of non-ortho nitro benzene ring substituents is 2. The number of nitro benzene ring substituents is 2. The second-order valence-electron chi connectivity index (χ2n) is 6.55. The molecule has 3 rings (SSSR count). The lowest BCUT2D eigenvalue weighted by atomic mass is 9.94. The third-order valence-corrected chi connectivity index (χ3v) is 5.14. The van der Waals surface area contributed by atoms with E-state index in [0.717, 1.165) is 0 Å². The first-order valence-electron chi connectivity index (χ1n) is 8.74. The summed E-state index contributed by atoms with van der Waals surface area (Å²) < 4.78 is 0. The largest absolute Gasteiger partial charge is 0.351 e. The minimum absolute atomic E-state index is 0.0717. The van der Waals surface area contributed by atoms with E-state index in [1.165, 1.54) is 30.3 Å². The van der Waals surface area contributed by atoms with E-state index in [1.807, 2.05) is 0 Å². The maximum absolute atomic E-state index is 13.1. The highest BCUT2D eigenvalue weighted by Gasteiger charge is 2.32. The van der Waals surface area contributed by atoms with Gasteiger partial charge in [-0.25, -0.2) is 0 Å². The predicted octanol–water partition coefficient (Wildman–Crippen LogP) is 3.28. The van der Waals surface area contributed by atoms with E-state index >= 15 is 0 Å². The number of carbonyl (C=O) groups is 1. The van der Waals surface area contributed by atoms with Gasteiger partial charge < -0.3 is 15.5 Å². The zero-order chi connectivity index (χ0) is 22.0. The molecule has 1 amide bonds. The first-order valence-corrected chi connectivity index (χ1v) is 9.15. The van der Waals surface area contributed by atoms with Crippen LogP contribution < -0.4 is 10.6 Å². The summed E-state index contributed by atoms with van der Waals surface area (Å²) in [7, 11) is 1.71. The number of nitrogens with zero attached hydrogens (tertiary/aromatic N) is 3. The molecule has 154 valence electrons. The minimum atomic E-state index is -0.645. The normalized spacial score (nSPS) is 16.1. The van der Waals surface area contributed by atoms with Gasteiger partial charge in [0.15, 0.2) is 5.11 Å². The first kappa shape index (κ1) is 20.9. The molecule has 1 atom stereocenters. The molecular formula is C19H17N5O5S. The van der Waals surface area contributed by atoms with Crippen LogP contribution in [0, 0.1) is 20.2 Å². The molecule has 0 aromatic heterocycles. The van der Waals surface area contributed by atoms with Gasteiger partial charge in [-0.3, -0.25) is 25.0 Å². The van der Waals surface area contributed by atoms with Crippen molar-refractivity contribution in [2.45, 2.75) is 13.0 Å². The molecular weight excluding hydrogens is 410 g/mol. The fourth-order valence-corrected chi connectivity index (χ4v) is 3.32. The van der Waals surface area contributed by atoms with E-state index in [0.29, 0.717) is 21.9 Å². The number of hydrogen-bond donors (Lipinski definition) is 2. The fraction of sp³-hybridized carbons (Fsp3) is 0.158. The first-order chi connectivity index (χ1) is 14.2. The van der Waals surface area contributed by atoms with Gasteiger partial charge in [-0.05, 0) is 42.9 Å². The third-order valence-electron chi connectivity index (χ3n) is 4.75. The smallest absolute Gasteiger partial charge is 0.271 e. The van der Waals surface area contributed by atoms with Crippen LogP contribution in [0.25, 0.3) is 0 Å². The Balaban J connectivity index is 1.98. The number of nitro groups is 2. The van der Waals surface area contributed by atoms with Crippen LogP contribution in [0.2, 0.25) is 0 Å².